The molecule has 0 aromatic carbocycles. The molecule has 0 heterocycles. The normalized spacial score (nSPS) is 26.1. The Labute approximate surface area is 121 Å². The summed E-state index contributed by atoms with van der Waals surface area (Å²) in [5.41, 5.74) is 6.65. The molecule has 1 aliphatic carbocycles. The van der Waals surface area contributed by atoms with Crippen LogP contribution in [-0.4, -0.2) is 6.04 Å². The van der Waals surface area contributed by atoms with Gasteiger partial charge >= 0.3 is 0 Å². The monoisotopic (exact) mass is 267 g/mol. The van der Waals surface area contributed by atoms with Crippen LogP contribution in [0.5, 0.6) is 0 Å². The molecular weight excluding hydrogens is 230 g/mol. The van der Waals surface area contributed by atoms with Crippen molar-refractivity contribution in [1.82, 2.24) is 0 Å². The predicted octanol–water partition coefficient (Wildman–Crippen LogP) is 5.81. The molecule has 1 heteroatoms. The van der Waals surface area contributed by atoms with Gasteiger partial charge in [0.1, 0.15) is 0 Å². The average Bonchev–Trinajstić information content (AvgIpc) is 2.39. The van der Waals surface area contributed by atoms with Gasteiger partial charge in [0.25, 0.3) is 0 Å². The van der Waals surface area contributed by atoms with Gasteiger partial charge in [-0.3, -0.25) is 0 Å². The van der Waals surface area contributed by atoms with Crippen LogP contribution in [0, 0.1) is 5.41 Å². The third-order valence-corrected chi connectivity index (χ3v) is 5.35. The molecule has 0 bridgehead atoms. The Hall–Kier alpha value is -0.0400. The van der Waals surface area contributed by atoms with E-state index in [1.54, 1.807) is 0 Å². The lowest BCUT2D eigenvalue weighted by Crippen LogP contribution is -2.37. The van der Waals surface area contributed by atoms with E-state index < -0.39 is 0 Å². The van der Waals surface area contributed by atoms with E-state index in [1.165, 1.54) is 89.9 Å². The van der Waals surface area contributed by atoms with Crippen LogP contribution in [0.25, 0.3) is 0 Å². The summed E-state index contributed by atoms with van der Waals surface area (Å²) in [6.45, 7) is 4.64. The van der Waals surface area contributed by atoms with Crippen LogP contribution in [0.1, 0.15) is 104 Å². The molecule has 0 aromatic rings. The second-order valence-corrected chi connectivity index (χ2v) is 7.19. The van der Waals surface area contributed by atoms with Gasteiger partial charge in [-0.05, 0) is 25.2 Å². The Bertz CT molecular complexity index is 194. The molecule has 2 N–H and O–H groups in total. The van der Waals surface area contributed by atoms with Gasteiger partial charge in [-0.15, -0.1) is 0 Å². The zero-order valence-corrected chi connectivity index (χ0v) is 13.6. The predicted molar refractivity (Wildman–Crippen MR) is 86.4 cm³/mol. The Kier molecular flexibility index (Phi) is 8.77. The standard InChI is InChI=1S/C18H37N/c1-17(19)18(2)15-13-11-9-7-5-3-4-6-8-10-12-14-16-18/h17H,3-16,19H2,1-2H3. The Morgan fingerprint density at radius 1 is 0.632 bits per heavy atom. The number of rotatable bonds is 1. The zero-order chi connectivity index (χ0) is 14.0. The fourth-order valence-electron chi connectivity index (χ4n) is 3.41. The summed E-state index contributed by atoms with van der Waals surface area (Å²) in [6.07, 6.45) is 19.9. The largest absolute Gasteiger partial charge is 0.327 e. The Morgan fingerprint density at radius 2 is 0.895 bits per heavy atom. The van der Waals surface area contributed by atoms with E-state index in [0.29, 0.717) is 11.5 Å². The van der Waals surface area contributed by atoms with Crippen molar-refractivity contribution in [2.24, 2.45) is 11.1 Å². The van der Waals surface area contributed by atoms with E-state index in [1.807, 2.05) is 0 Å². The molecular formula is C18H37N. The maximum atomic E-state index is 6.26. The van der Waals surface area contributed by atoms with Crippen molar-refractivity contribution in [2.75, 3.05) is 0 Å². The van der Waals surface area contributed by atoms with Crippen LogP contribution >= 0.6 is 0 Å². The molecule has 1 unspecified atom stereocenters. The maximum absolute atomic E-state index is 6.26. The first-order chi connectivity index (χ1) is 9.15. The summed E-state index contributed by atoms with van der Waals surface area (Å²) in [5.74, 6) is 0. The van der Waals surface area contributed by atoms with Crippen LogP contribution in [0.4, 0.5) is 0 Å². The van der Waals surface area contributed by atoms with Gasteiger partial charge in [-0.25, -0.2) is 0 Å². The fraction of sp³-hybridized carbons (Fsp3) is 1.00. The molecule has 0 spiro atoms. The number of hydrogen-bond donors (Lipinski definition) is 1. The van der Waals surface area contributed by atoms with E-state index in [0.717, 1.165) is 0 Å². The number of hydrogen-bond acceptors (Lipinski definition) is 1. The van der Waals surface area contributed by atoms with Crippen molar-refractivity contribution in [2.45, 2.75) is 110 Å². The van der Waals surface area contributed by atoms with Crippen molar-refractivity contribution >= 4 is 0 Å². The summed E-state index contributed by atoms with van der Waals surface area (Å²) in [7, 11) is 0. The van der Waals surface area contributed by atoms with Gasteiger partial charge in [0, 0.05) is 6.04 Å². The van der Waals surface area contributed by atoms with Crippen molar-refractivity contribution in [3.63, 3.8) is 0 Å². The quantitative estimate of drug-likeness (QED) is 0.637. The van der Waals surface area contributed by atoms with E-state index >= 15 is 0 Å². The zero-order valence-electron chi connectivity index (χ0n) is 13.6. The first-order valence-electron chi connectivity index (χ1n) is 8.91. The summed E-state index contributed by atoms with van der Waals surface area (Å²) in [6, 6.07) is 0.350. The first-order valence-corrected chi connectivity index (χ1v) is 8.91. The van der Waals surface area contributed by atoms with Gasteiger partial charge in [-0.1, -0.05) is 84.0 Å². The highest BCUT2D eigenvalue weighted by Crippen LogP contribution is 2.34. The molecule has 1 aliphatic rings. The number of nitrogens with two attached hydrogens (primary N) is 1. The summed E-state index contributed by atoms with van der Waals surface area (Å²) >= 11 is 0. The molecule has 0 amide bonds. The molecule has 0 radical (unpaired) electrons. The lowest BCUT2D eigenvalue weighted by molar-refractivity contribution is 0.208. The third kappa shape index (κ3) is 7.34. The van der Waals surface area contributed by atoms with Crippen LogP contribution in [0.15, 0.2) is 0 Å². The molecule has 0 aromatic heterocycles. The fourth-order valence-corrected chi connectivity index (χ4v) is 3.41. The molecule has 1 atom stereocenters. The highest BCUT2D eigenvalue weighted by atomic mass is 14.7. The molecule has 19 heavy (non-hydrogen) atoms. The van der Waals surface area contributed by atoms with Crippen LogP contribution < -0.4 is 5.73 Å². The summed E-state index contributed by atoms with van der Waals surface area (Å²) < 4.78 is 0. The lowest BCUT2D eigenvalue weighted by atomic mass is 9.74. The minimum atomic E-state index is 0.350. The SMILES string of the molecule is CC(N)C1(C)CCCCCCCCCCCCCC1. The third-order valence-electron chi connectivity index (χ3n) is 5.35. The maximum Gasteiger partial charge on any atom is 0.00643 e. The van der Waals surface area contributed by atoms with Gasteiger partial charge < -0.3 is 5.73 Å². The lowest BCUT2D eigenvalue weighted by Gasteiger charge is -2.34. The molecule has 1 saturated carbocycles. The second kappa shape index (κ2) is 9.80. The van der Waals surface area contributed by atoms with E-state index in [-0.39, 0.29) is 0 Å². The van der Waals surface area contributed by atoms with Crippen LogP contribution in [-0.2, 0) is 0 Å². The van der Waals surface area contributed by atoms with Gasteiger partial charge in [0.05, 0.1) is 0 Å². The van der Waals surface area contributed by atoms with E-state index in [2.05, 4.69) is 13.8 Å². The van der Waals surface area contributed by atoms with Crippen LogP contribution in [0.2, 0.25) is 0 Å². The highest BCUT2D eigenvalue weighted by Gasteiger charge is 2.27. The minimum Gasteiger partial charge on any atom is -0.327 e. The molecule has 1 rings (SSSR count). The van der Waals surface area contributed by atoms with Crippen molar-refractivity contribution in [3.8, 4) is 0 Å². The Morgan fingerprint density at radius 3 is 1.16 bits per heavy atom. The molecule has 1 fully saturated rings. The van der Waals surface area contributed by atoms with Gasteiger partial charge in [0.2, 0.25) is 0 Å². The molecule has 114 valence electrons. The van der Waals surface area contributed by atoms with Crippen molar-refractivity contribution in [3.05, 3.63) is 0 Å². The second-order valence-electron chi connectivity index (χ2n) is 7.19. The summed E-state index contributed by atoms with van der Waals surface area (Å²) in [5, 5.41) is 0. The van der Waals surface area contributed by atoms with Crippen molar-refractivity contribution < 1.29 is 0 Å². The van der Waals surface area contributed by atoms with Crippen molar-refractivity contribution in [1.29, 1.82) is 0 Å². The Balaban J connectivity index is 2.38. The van der Waals surface area contributed by atoms with E-state index in [4.69, 9.17) is 5.73 Å². The molecule has 1 nitrogen and oxygen atoms in total. The van der Waals surface area contributed by atoms with Gasteiger partial charge in [0.15, 0.2) is 0 Å². The first kappa shape index (κ1) is 17.0. The summed E-state index contributed by atoms with van der Waals surface area (Å²) in [4.78, 5) is 0. The van der Waals surface area contributed by atoms with Gasteiger partial charge in [-0.2, -0.15) is 0 Å². The molecule has 0 aliphatic heterocycles. The highest BCUT2D eigenvalue weighted by molar-refractivity contribution is 4.82. The van der Waals surface area contributed by atoms with Crippen LogP contribution in [0.3, 0.4) is 0 Å². The molecule has 0 saturated heterocycles. The topological polar surface area (TPSA) is 26.0 Å². The smallest absolute Gasteiger partial charge is 0.00643 e. The average molecular weight is 268 g/mol. The van der Waals surface area contributed by atoms with E-state index in [9.17, 15) is 0 Å². The minimum absolute atomic E-state index is 0.350.